The van der Waals surface area contributed by atoms with Gasteiger partial charge in [-0.1, -0.05) is 13.8 Å². The van der Waals surface area contributed by atoms with Crippen molar-refractivity contribution < 1.29 is 24.6 Å². The second kappa shape index (κ2) is 6.06. The monoisotopic (exact) mass is 232 g/mol. The summed E-state index contributed by atoms with van der Waals surface area (Å²) in [7, 11) is 0. The first-order chi connectivity index (χ1) is 7.25. The highest BCUT2D eigenvalue weighted by atomic mass is 16.4. The second-order valence-corrected chi connectivity index (χ2v) is 3.79. The van der Waals surface area contributed by atoms with E-state index in [1.54, 1.807) is 13.8 Å². The Balaban J connectivity index is 4.64. The third-order valence-electron chi connectivity index (χ3n) is 2.02. The highest BCUT2D eigenvalue weighted by Crippen LogP contribution is 2.05. The smallest absolute Gasteiger partial charge is 0.321 e. The lowest BCUT2D eigenvalue weighted by atomic mass is 10.0. The molecule has 92 valence electrons. The molecule has 0 aromatic heterocycles. The standard InChI is InChI=1S/C9H16N2O5/c1-4(2)7(9(15)16)11-5(8(13)14)3-6(10)12/h4-5,7,11H,3H2,1-2H3,(H2,10,12)(H,13,14)(H,15,16). The van der Waals surface area contributed by atoms with Gasteiger partial charge in [0.1, 0.15) is 12.1 Å². The van der Waals surface area contributed by atoms with E-state index in [-0.39, 0.29) is 5.92 Å². The minimum atomic E-state index is -1.30. The molecule has 2 atom stereocenters. The van der Waals surface area contributed by atoms with E-state index in [2.05, 4.69) is 5.32 Å². The lowest BCUT2D eigenvalue weighted by Crippen LogP contribution is -2.50. The number of nitrogens with one attached hydrogen (secondary N) is 1. The van der Waals surface area contributed by atoms with Crippen molar-refractivity contribution in [3.05, 3.63) is 0 Å². The summed E-state index contributed by atoms with van der Waals surface area (Å²) < 4.78 is 0. The highest BCUT2D eigenvalue weighted by Gasteiger charge is 2.29. The minimum absolute atomic E-state index is 0.299. The van der Waals surface area contributed by atoms with E-state index in [0.717, 1.165) is 0 Å². The zero-order valence-electron chi connectivity index (χ0n) is 9.14. The summed E-state index contributed by atoms with van der Waals surface area (Å²) in [6.45, 7) is 3.27. The van der Waals surface area contributed by atoms with Crippen LogP contribution in [0.3, 0.4) is 0 Å². The van der Waals surface area contributed by atoms with E-state index < -0.39 is 36.4 Å². The van der Waals surface area contributed by atoms with Crippen LogP contribution in [0.15, 0.2) is 0 Å². The maximum atomic E-state index is 10.8. The van der Waals surface area contributed by atoms with Crippen LogP contribution in [0.4, 0.5) is 0 Å². The van der Waals surface area contributed by atoms with Gasteiger partial charge < -0.3 is 15.9 Å². The second-order valence-electron chi connectivity index (χ2n) is 3.79. The number of rotatable bonds is 7. The van der Waals surface area contributed by atoms with E-state index >= 15 is 0 Å². The van der Waals surface area contributed by atoms with Gasteiger partial charge in [-0.3, -0.25) is 19.7 Å². The topological polar surface area (TPSA) is 130 Å². The average Bonchev–Trinajstić information content (AvgIpc) is 2.09. The first-order valence-corrected chi connectivity index (χ1v) is 4.75. The first kappa shape index (κ1) is 14.4. The third-order valence-corrected chi connectivity index (χ3v) is 2.02. The highest BCUT2D eigenvalue weighted by molar-refractivity contribution is 5.84. The number of carboxylic acid groups (broad SMARTS) is 2. The van der Waals surface area contributed by atoms with Crippen molar-refractivity contribution in [3.63, 3.8) is 0 Å². The summed E-state index contributed by atoms with van der Waals surface area (Å²) in [5, 5.41) is 20.0. The molecule has 2 unspecified atom stereocenters. The van der Waals surface area contributed by atoms with Crippen LogP contribution in [0, 0.1) is 5.92 Å². The predicted molar refractivity (Wildman–Crippen MR) is 54.6 cm³/mol. The fourth-order valence-electron chi connectivity index (χ4n) is 1.18. The maximum absolute atomic E-state index is 10.8. The molecule has 7 nitrogen and oxygen atoms in total. The van der Waals surface area contributed by atoms with E-state index in [9.17, 15) is 14.4 Å². The van der Waals surface area contributed by atoms with Crippen LogP contribution < -0.4 is 11.1 Å². The van der Waals surface area contributed by atoms with Gasteiger partial charge in [-0.15, -0.1) is 0 Å². The number of carboxylic acids is 2. The van der Waals surface area contributed by atoms with Crippen LogP contribution in [-0.4, -0.2) is 40.1 Å². The van der Waals surface area contributed by atoms with Gasteiger partial charge >= 0.3 is 11.9 Å². The Morgan fingerprint density at radius 2 is 1.69 bits per heavy atom. The molecule has 0 spiro atoms. The zero-order chi connectivity index (χ0) is 12.9. The number of hydrogen-bond acceptors (Lipinski definition) is 4. The van der Waals surface area contributed by atoms with Gasteiger partial charge in [0.25, 0.3) is 0 Å². The SMILES string of the molecule is CC(C)C(NC(CC(N)=O)C(=O)O)C(=O)O. The number of carbonyl (C=O) groups is 3. The summed E-state index contributed by atoms with van der Waals surface area (Å²) in [5.74, 6) is -3.56. The maximum Gasteiger partial charge on any atom is 0.321 e. The molecule has 0 bridgehead atoms. The Labute approximate surface area is 92.6 Å². The third kappa shape index (κ3) is 4.74. The van der Waals surface area contributed by atoms with Crippen molar-refractivity contribution in [2.24, 2.45) is 11.7 Å². The van der Waals surface area contributed by atoms with Crippen LogP contribution in [0.25, 0.3) is 0 Å². The Morgan fingerprint density at radius 1 is 1.19 bits per heavy atom. The molecular weight excluding hydrogens is 216 g/mol. The molecule has 0 aliphatic rings. The Hall–Kier alpha value is -1.63. The van der Waals surface area contributed by atoms with Crippen LogP contribution in [0.5, 0.6) is 0 Å². The molecule has 0 aliphatic carbocycles. The number of hydrogen-bond donors (Lipinski definition) is 4. The molecule has 0 radical (unpaired) electrons. The first-order valence-electron chi connectivity index (χ1n) is 4.75. The molecule has 5 N–H and O–H groups in total. The van der Waals surface area contributed by atoms with Crippen molar-refractivity contribution in [1.29, 1.82) is 0 Å². The molecule has 0 aromatic carbocycles. The van der Waals surface area contributed by atoms with Crippen LogP contribution in [0.1, 0.15) is 20.3 Å². The van der Waals surface area contributed by atoms with Crippen molar-refractivity contribution in [2.75, 3.05) is 0 Å². The van der Waals surface area contributed by atoms with Gasteiger partial charge in [0, 0.05) is 0 Å². The van der Waals surface area contributed by atoms with Gasteiger partial charge in [0.2, 0.25) is 5.91 Å². The molecule has 7 heteroatoms. The number of aliphatic carboxylic acids is 2. The van der Waals surface area contributed by atoms with Gasteiger partial charge in [0.05, 0.1) is 6.42 Å². The number of nitrogens with two attached hydrogens (primary N) is 1. The van der Waals surface area contributed by atoms with Crippen molar-refractivity contribution >= 4 is 17.8 Å². The Bertz CT molecular complexity index is 290. The summed E-state index contributed by atoms with van der Waals surface area (Å²) in [5.41, 5.74) is 4.87. The molecule has 0 aliphatic heterocycles. The molecule has 0 fully saturated rings. The Morgan fingerprint density at radius 3 is 1.94 bits per heavy atom. The van der Waals surface area contributed by atoms with Crippen LogP contribution in [0.2, 0.25) is 0 Å². The summed E-state index contributed by atoms with van der Waals surface area (Å²) in [6, 6.07) is -2.30. The van der Waals surface area contributed by atoms with E-state index in [0.29, 0.717) is 0 Å². The van der Waals surface area contributed by atoms with Gasteiger partial charge in [-0.2, -0.15) is 0 Å². The molecular formula is C9H16N2O5. The summed E-state index contributed by atoms with van der Waals surface area (Å²) >= 11 is 0. The number of carbonyl (C=O) groups excluding carboxylic acids is 1. The minimum Gasteiger partial charge on any atom is -0.480 e. The van der Waals surface area contributed by atoms with Crippen molar-refractivity contribution in [3.8, 4) is 0 Å². The summed E-state index contributed by atoms with van der Waals surface area (Å²) in [6.07, 6.45) is -0.439. The van der Waals surface area contributed by atoms with Gasteiger partial charge in [-0.25, -0.2) is 0 Å². The molecule has 16 heavy (non-hydrogen) atoms. The average molecular weight is 232 g/mol. The largest absolute Gasteiger partial charge is 0.480 e. The van der Waals surface area contributed by atoms with Gasteiger partial charge in [0.15, 0.2) is 0 Å². The fraction of sp³-hybridized carbons (Fsp3) is 0.667. The normalized spacial score (nSPS) is 14.4. The molecule has 1 amide bonds. The lowest BCUT2D eigenvalue weighted by Gasteiger charge is -2.22. The number of primary amides is 1. The van der Waals surface area contributed by atoms with Crippen molar-refractivity contribution in [1.82, 2.24) is 5.32 Å². The van der Waals surface area contributed by atoms with Gasteiger partial charge in [-0.05, 0) is 5.92 Å². The lowest BCUT2D eigenvalue weighted by molar-refractivity contribution is -0.144. The van der Waals surface area contributed by atoms with E-state index in [1.807, 2.05) is 0 Å². The Kier molecular flexibility index (Phi) is 5.44. The van der Waals surface area contributed by atoms with Crippen molar-refractivity contribution in [2.45, 2.75) is 32.4 Å². The predicted octanol–water partition coefficient (Wildman–Crippen LogP) is -0.986. The molecule has 0 rings (SSSR count). The van der Waals surface area contributed by atoms with Crippen LogP contribution >= 0.6 is 0 Å². The molecule has 0 heterocycles. The number of amides is 1. The molecule has 0 aromatic rings. The quantitative estimate of drug-likeness (QED) is 0.446. The van der Waals surface area contributed by atoms with E-state index in [1.165, 1.54) is 0 Å². The molecule has 0 saturated heterocycles. The van der Waals surface area contributed by atoms with E-state index in [4.69, 9.17) is 15.9 Å². The van der Waals surface area contributed by atoms with Crippen LogP contribution in [-0.2, 0) is 14.4 Å². The zero-order valence-corrected chi connectivity index (χ0v) is 9.14. The molecule has 0 saturated carbocycles. The summed E-state index contributed by atoms with van der Waals surface area (Å²) in [4.78, 5) is 32.2. The fourth-order valence-corrected chi connectivity index (χ4v) is 1.18.